The van der Waals surface area contributed by atoms with Crippen LogP contribution in [0.4, 0.5) is 4.39 Å². The molecule has 0 radical (unpaired) electrons. The minimum absolute atomic E-state index is 0.00940. The zero-order valence-corrected chi connectivity index (χ0v) is 10.3. The maximum atomic E-state index is 13.5. The van der Waals surface area contributed by atoms with E-state index in [-0.39, 0.29) is 16.4 Å². The maximum Gasteiger partial charge on any atom is 0.337 e. The Bertz CT molecular complexity index is 623. The van der Waals surface area contributed by atoms with Crippen molar-refractivity contribution in [1.29, 1.82) is 0 Å². The van der Waals surface area contributed by atoms with Gasteiger partial charge in [0.2, 0.25) is 0 Å². The topological polar surface area (TPSA) is 37.3 Å². The Hall–Kier alpha value is -1.87. The first-order valence-corrected chi connectivity index (χ1v) is 5.66. The fourth-order valence-corrected chi connectivity index (χ4v) is 1.84. The Labute approximate surface area is 109 Å². The van der Waals surface area contributed by atoms with Crippen LogP contribution in [-0.4, -0.2) is 11.1 Å². The van der Waals surface area contributed by atoms with Crippen molar-refractivity contribution in [2.24, 2.45) is 0 Å². The van der Waals surface area contributed by atoms with E-state index in [4.69, 9.17) is 16.7 Å². The van der Waals surface area contributed by atoms with Crippen LogP contribution in [0.2, 0.25) is 5.02 Å². The second-order valence-corrected chi connectivity index (χ2v) is 4.37. The quantitative estimate of drug-likeness (QED) is 0.885. The van der Waals surface area contributed by atoms with Gasteiger partial charge in [-0.2, -0.15) is 0 Å². The highest BCUT2D eigenvalue weighted by Gasteiger charge is 2.10. The minimum Gasteiger partial charge on any atom is -0.478 e. The lowest BCUT2D eigenvalue weighted by atomic mass is 10.0. The highest BCUT2D eigenvalue weighted by atomic mass is 35.5. The smallest absolute Gasteiger partial charge is 0.337 e. The number of aromatic carboxylic acids is 1. The summed E-state index contributed by atoms with van der Waals surface area (Å²) in [6, 6.07) is 9.38. The number of halogens is 2. The third-order valence-electron chi connectivity index (χ3n) is 2.70. The zero-order chi connectivity index (χ0) is 13.3. The van der Waals surface area contributed by atoms with Crippen LogP contribution in [0.15, 0.2) is 36.4 Å². The van der Waals surface area contributed by atoms with E-state index in [0.717, 1.165) is 0 Å². The summed E-state index contributed by atoms with van der Waals surface area (Å²) in [6.45, 7) is 1.67. The van der Waals surface area contributed by atoms with Gasteiger partial charge in [-0.1, -0.05) is 29.8 Å². The fourth-order valence-electron chi connectivity index (χ4n) is 1.64. The zero-order valence-electron chi connectivity index (χ0n) is 9.58. The molecule has 4 heteroatoms. The van der Waals surface area contributed by atoms with Crippen LogP contribution in [-0.2, 0) is 0 Å². The summed E-state index contributed by atoms with van der Waals surface area (Å²) in [4.78, 5) is 11.0. The molecule has 2 nitrogen and oxygen atoms in total. The molecule has 0 amide bonds. The van der Waals surface area contributed by atoms with E-state index in [0.29, 0.717) is 16.7 Å². The second kappa shape index (κ2) is 4.78. The van der Waals surface area contributed by atoms with Gasteiger partial charge in [0.15, 0.2) is 0 Å². The molecule has 0 aromatic heterocycles. The molecule has 0 aliphatic rings. The van der Waals surface area contributed by atoms with Crippen molar-refractivity contribution in [3.8, 4) is 11.1 Å². The van der Waals surface area contributed by atoms with Gasteiger partial charge in [-0.3, -0.25) is 0 Å². The van der Waals surface area contributed by atoms with Gasteiger partial charge in [0.1, 0.15) is 5.82 Å². The van der Waals surface area contributed by atoms with E-state index in [1.165, 1.54) is 18.2 Å². The van der Waals surface area contributed by atoms with E-state index in [9.17, 15) is 9.18 Å². The molecule has 0 spiro atoms. The lowest BCUT2D eigenvalue weighted by Gasteiger charge is -2.06. The molecule has 0 unspecified atom stereocenters. The van der Waals surface area contributed by atoms with Crippen LogP contribution in [0.1, 0.15) is 15.9 Å². The Kier molecular flexibility index (Phi) is 3.34. The molecular formula is C14H10ClFO2. The van der Waals surface area contributed by atoms with Crippen LogP contribution >= 0.6 is 11.6 Å². The molecule has 0 aliphatic carbocycles. The average Bonchev–Trinajstić information content (AvgIpc) is 2.33. The van der Waals surface area contributed by atoms with Crippen LogP contribution in [0.25, 0.3) is 11.1 Å². The lowest BCUT2D eigenvalue weighted by Crippen LogP contribution is -1.97. The molecule has 0 saturated carbocycles. The van der Waals surface area contributed by atoms with E-state index in [1.54, 1.807) is 25.1 Å². The third kappa shape index (κ3) is 2.36. The molecule has 2 rings (SSSR count). The molecule has 1 N–H and O–H groups in total. The van der Waals surface area contributed by atoms with Gasteiger partial charge in [-0.05, 0) is 41.8 Å². The van der Waals surface area contributed by atoms with Crippen molar-refractivity contribution >= 4 is 17.6 Å². The fraction of sp³-hybridized carbons (Fsp3) is 0.0714. The highest BCUT2D eigenvalue weighted by molar-refractivity contribution is 6.33. The molecule has 0 saturated heterocycles. The number of carboxylic acid groups (broad SMARTS) is 1. The van der Waals surface area contributed by atoms with Crippen molar-refractivity contribution in [2.75, 3.05) is 0 Å². The van der Waals surface area contributed by atoms with Crippen molar-refractivity contribution in [3.05, 3.63) is 58.4 Å². The number of hydrogen-bond acceptors (Lipinski definition) is 1. The molecule has 0 atom stereocenters. The summed E-state index contributed by atoms with van der Waals surface area (Å²) < 4.78 is 13.5. The third-order valence-corrected chi connectivity index (χ3v) is 3.03. The Morgan fingerprint density at radius 3 is 2.39 bits per heavy atom. The Morgan fingerprint density at radius 2 is 1.78 bits per heavy atom. The molecule has 92 valence electrons. The van der Waals surface area contributed by atoms with Crippen molar-refractivity contribution in [1.82, 2.24) is 0 Å². The summed E-state index contributed by atoms with van der Waals surface area (Å²) in [7, 11) is 0. The predicted molar refractivity (Wildman–Crippen MR) is 68.5 cm³/mol. The van der Waals surface area contributed by atoms with Crippen molar-refractivity contribution < 1.29 is 14.3 Å². The average molecular weight is 265 g/mol. The first-order valence-electron chi connectivity index (χ1n) is 5.28. The van der Waals surface area contributed by atoms with E-state index < -0.39 is 5.97 Å². The van der Waals surface area contributed by atoms with Crippen LogP contribution in [0.5, 0.6) is 0 Å². The number of rotatable bonds is 2. The van der Waals surface area contributed by atoms with Crippen LogP contribution in [0, 0.1) is 12.7 Å². The molecule has 0 fully saturated rings. The predicted octanol–water partition coefficient (Wildman–Crippen LogP) is 4.15. The molecule has 0 bridgehead atoms. The SMILES string of the molecule is Cc1ccc(-c2ccc(Cl)c(C(=O)O)c2)cc1F. The molecule has 2 aromatic rings. The largest absolute Gasteiger partial charge is 0.478 e. The summed E-state index contributed by atoms with van der Waals surface area (Å²) >= 11 is 5.78. The summed E-state index contributed by atoms with van der Waals surface area (Å²) in [5.74, 6) is -1.42. The van der Waals surface area contributed by atoms with Gasteiger partial charge in [0, 0.05) is 0 Å². The van der Waals surface area contributed by atoms with Crippen LogP contribution in [0.3, 0.4) is 0 Å². The Balaban J connectivity index is 2.54. The molecule has 2 aromatic carbocycles. The van der Waals surface area contributed by atoms with Crippen LogP contribution < -0.4 is 0 Å². The summed E-state index contributed by atoms with van der Waals surface area (Å²) in [5, 5.41) is 9.14. The number of aryl methyl sites for hydroxylation is 1. The maximum absolute atomic E-state index is 13.5. The number of benzene rings is 2. The van der Waals surface area contributed by atoms with Crippen molar-refractivity contribution in [3.63, 3.8) is 0 Å². The van der Waals surface area contributed by atoms with Gasteiger partial charge in [0.25, 0.3) is 0 Å². The molecule has 0 aliphatic heterocycles. The van der Waals surface area contributed by atoms with Gasteiger partial charge in [-0.15, -0.1) is 0 Å². The van der Waals surface area contributed by atoms with Gasteiger partial charge in [-0.25, -0.2) is 9.18 Å². The van der Waals surface area contributed by atoms with Gasteiger partial charge >= 0.3 is 5.97 Å². The van der Waals surface area contributed by atoms with Gasteiger partial charge < -0.3 is 5.11 Å². The molecule has 18 heavy (non-hydrogen) atoms. The lowest BCUT2D eigenvalue weighted by molar-refractivity contribution is 0.0697. The first kappa shape index (κ1) is 12.6. The van der Waals surface area contributed by atoms with Gasteiger partial charge in [0.05, 0.1) is 10.6 Å². The monoisotopic (exact) mass is 264 g/mol. The summed E-state index contributed by atoms with van der Waals surface area (Å²) in [5.41, 5.74) is 1.80. The van der Waals surface area contributed by atoms with E-state index in [2.05, 4.69) is 0 Å². The minimum atomic E-state index is -1.10. The van der Waals surface area contributed by atoms with E-state index in [1.807, 2.05) is 0 Å². The second-order valence-electron chi connectivity index (χ2n) is 3.96. The highest BCUT2D eigenvalue weighted by Crippen LogP contribution is 2.26. The number of carboxylic acids is 1. The van der Waals surface area contributed by atoms with Crippen molar-refractivity contribution in [2.45, 2.75) is 6.92 Å². The molecular weight excluding hydrogens is 255 g/mol. The Morgan fingerprint density at radius 1 is 1.17 bits per heavy atom. The molecule has 0 heterocycles. The number of hydrogen-bond donors (Lipinski definition) is 1. The van der Waals surface area contributed by atoms with E-state index >= 15 is 0 Å². The number of carbonyl (C=O) groups is 1. The summed E-state index contributed by atoms with van der Waals surface area (Å²) in [6.07, 6.45) is 0. The first-order chi connectivity index (χ1) is 8.49. The standard InChI is InChI=1S/C14H10ClFO2/c1-8-2-3-10(7-13(8)16)9-4-5-12(15)11(6-9)14(17)18/h2-7H,1H3,(H,17,18). The normalized spacial score (nSPS) is 10.4.